The van der Waals surface area contributed by atoms with Crippen LogP contribution >= 0.6 is 11.3 Å². The number of hydrogen-bond acceptors (Lipinski definition) is 3. The van der Waals surface area contributed by atoms with Crippen molar-refractivity contribution in [2.45, 2.75) is 50.6 Å². The van der Waals surface area contributed by atoms with Crippen LogP contribution in [0.5, 0.6) is 0 Å². The van der Waals surface area contributed by atoms with E-state index >= 15 is 0 Å². The molecule has 4 heteroatoms. The molecule has 3 rings (SSSR count). The van der Waals surface area contributed by atoms with E-state index in [4.69, 9.17) is 0 Å². The number of carbonyl (C=O) groups is 1. The van der Waals surface area contributed by atoms with Gasteiger partial charge in [0.2, 0.25) is 0 Å². The fourth-order valence-corrected chi connectivity index (χ4v) is 3.95. The molecule has 1 saturated carbocycles. The van der Waals surface area contributed by atoms with E-state index in [1.54, 1.807) is 11.3 Å². The number of thiophene rings is 1. The summed E-state index contributed by atoms with van der Waals surface area (Å²) in [5, 5.41) is 10.8. The van der Waals surface area contributed by atoms with Gasteiger partial charge >= 0.3 is 0 Å². The third-order valence-electron chi connectivity index (χ3n) is 4.38. The molecule has 0 aromatic carbocycles. The Balaban J connectivity index is 1.62. The van der Waals surface area contributed by atoms with Crippen LogP contribution in [0.1, 0.15) is 48.0 Å². The third-order valence-corrected chi connectivity index (χ3v) is 5.24. The molecule has 0 radical (unpaired) electrons. The Morgan fingerprint density at radius 2 is 2.33 bits per heavy atom. The van der Waals surface area contributed by atoms with E-state index in [1.807, 2.05) is 17.7 Å². The van der Waals surface area contributed by atoms with Crippen LogP contribution in [0.2, 0.25) is 0 Å². The zero-order valence-electron chi connectivity index (χ0n) is 10.8. The van der Waals surface area contributed by atoms with Crippen molar-refractivity contribution in [3.05, 3.63) is 21.9 Å². The average molecular weight is 264 g/mol. The lowest BCUT2D eigenvalue weighted by Crippen LogP contribution is -2.59. The second-order valence-corrected chi connectivity index (χ2v) is 6.44. The molecule has 1 spiro atoms. The van der Waals surface area contributed by atoms with Gasteiger partial charge in [0.05, 0.1) is 5.56 Å². The maximum Gasteiger partial charge on any atom is 0.252 e. The van der Waals surface area contributed by atoms with Gasteiger partial charge in [-0.25, -0.2) is 0 Å². The quantitative estimate of drug-likeness (QED) is 0.861. The third kappa shape index (κ3) is 2.19. The van der Waals surface area contributed by atoms with E-state index in [0.717, 1.165) is 30.5 Å². The molecule has 1 aliphatic heterocycles. The van der Waals surface area contributed by atoms with Gasteiger partial charge in [-0.2, -0.15) is 11.3 Å². The van der Waals surface area contributed by atoms with E-state index in [2.05, 4.69) is 10.6 Å². The molecule has 1 saturated heterocycles. The van der Waals surface area contributed by atoms with E-state index in [-0.39, 0.29) is 5.91 Å². The molecule has 1 atom stereocenters. The van der Waals surface area contributed by atoms with Gasteiger partial charge in [-0.15, -0.1) is 0 Å². The molecule has 18 heavy (non-hydrogen) atoms. The summed E-state index contributed by atoms with van der Waals surface area (Å²) < 4.78 is 0. The van der Waals surface area contributed by atoms with Crippen molar-refractivity contribution >= 4 is 17.2 Å². The van der Waals surface area contributed by atoms with Crippen molar-refractivity contribution in [2.24, 2.45) is 0 Å². The molecule has 3 nitrogen and oxygen atoms in total. The zero-order valence-corrected chi connectivity index (χ0v) is 11.6. The van der Waals surface area contributed by atoms with Gasteiger partial charge in [0.25, 0.3) is 5.91 Å². The molecular formula is C14H20N2OS. The number of aryl methyl sites for hydroxylation is 1. The minimum absolute atomic E-state index is 0.107. The van der Waals surface area contributed by atoms with Crippen LogP contribution in [0.15, 0.2) is 10.8 Å². The van der Waals surface area contributed by atoms with Crippen molar-refractivity contribution in [2.75, 3.05) is 6.54 Å². The Labute approximate surface area is 112 Å². The van der Waals surface area contributed by atoms with Gasteiger partial charge in [-0.05, 0) is 56.5 Å². The first-order valence-electron chi connectivity index (χ1n) is 6.77. The van der Waals surface area contributed by atoms with Gasteiger partial charge in [0.1, 0.15) is 0 Å². The molecule has 2 heterocycles. The molecule has 2 N–H and O–H groups in total. The highest BCUT2D eigenvalue weighted by Gasteiger charge is 2.41. The molecule has 0 bridgehead atoms. The lowest BCUT2D eigenvalue weighted by atomic mass is 9.70. The first kappa shape index (κ1) is 12.2. The maximum absolute atomic E-state index is 12.2. The smallest absolute Gasteiger partial charge is 0.252 e. The van der Waals surface area contributed by atoms with Gasteiger partial charge in [-0.1, -0.05) is 0 Å². The fourth-order valence-electron chi connectivity index (χ4n) is 3.12. The van der Waals surface area contributed by atoms with E-state index in [0.29, 0.717) is 11.6 Å². The summed E-state index contributed by atoms with van der Waals surface area (Å²) in [7, 11) is 0. The minimum Gasteiger partial charge on any atom is -0.349 e. The van der Waals surface area contributed by atoms with Crippen LogP contribution in [0.3, 0.4) is 0 Å². The maximum atomic E-state index is 12.2. The highest BCUT2D eigenvalue weighted by atomic mass is 32.1. The van der Waals surface area contributed by atoms with Crippen molar-refractivity contribution in [1.29, 1.82) is 0 Å². The van der Waals surface area contributed by atoms with E-state index in [9.17, 15) is 4.79 Å². The predicted molar refractivity (Wildman–Crippen MR) is 74.1 cm³/mol. The summed E-state index contributed by atoms with van der Waals surface area (Å²) in [6, 6.07) is 0.346. The zero-order chi connectivity index (χ0) is 12.6. The van der Waals surface area contributed by atoms with Crippen LogP contribution < -0.4 is 10.6 Å². The summed E-state index contributed by atoms with van der Waals surface area (Å²) in [5.41, 5.74) is 2.28. The van der Waals surface area contributed by atoms with Crippen molar-refractivity contribution < 1.29 is 4.79 Å². The fraction of sp³-hybridized carbons (Fsp3) is 0.643. The van der Waals surface area contributed by atoms with Gasteiger partial charge < -0.3 is 10.6 Å². The van der Waals surface area contributed by atoms with Crippen molar-refractivity contribution in [3.63, 3.8) is 0 Å². The van der Waals surface area contributed by atoms with Crippen LogP contribution in [0.25, 0.3) is 0 Å². The molecule has 1 aliphatic carbocycles. The molecule has 1 amide bonds. The number of piperidine rings is 1. The van der Waals surface area contributed by atoms with E-state index < -0.39 is 0 Å². The molecule has 98 valence electrons. The Hall–Kier alpha value is -0.870. The summed E-state index contributed by atoms with van der Waals surface area (Å²) >= 11 is 1.60. The average Bonchev–Trinajstić information content (AvgIpc) is 2.74. The monoisotopic (exact) mass is 264 g/mol. The first-order valence-corrected chi connectivity index (χ1v) is 7.72. The number of carbonyl (C=O) groups excluding carboxylic acids is 1. The second kappa shape index (κ2) is 4.67. The van der Waals surface area contributed by atoms with Crippen LogP contribution in [0, 0.1) is 6.92 Å². The number of hydrogen-bond donors (Lipinski definition) is 2. The Morgan fingerprint density at radius 3 is 2.94 bits per heavy atom. The first-order chi connectivity index (χ1) is 8.69. The predicted octanol–water partition coefficient (Wildman–Crippen LogP) is 2.46. The highest BCUT2D eigenvalue weighted by Crippen LogP contribution is 2.38. The summed E-state index contributed by atoms with van der Waals surface area (Å²) in [6.45, 7) is 3.04. The summed E-state index contributed by atoms with van der Waals surface area (Å²) in [4.78, 5) is 12.2. The Bertz CT molecular complexity index is 450. The lowest BCUT2D eigenvalue weighted by Gasteiger charge is -2.48. The van der Waals surface area contributed by atoms with Gasteiger partial charge in [0, 0.05) is 17.0 Å². The van der Waals surface area contributed by atoms with Crippen LogP contribution in [0.4, 0.5) is 0 Å². The standard InChI is InChI=1S/C14H20N2OS/c1-10-8-18-9-12(10)13(17)16-11-3-6-15-14(7-11)4-2-5-14/h8-9,11,15H,2-7H2,1H3,(H,16,17). The van der Waals surface area contributed by atoms with Crippen LogP contribution in [-0.4, -0.2) is 24.0 Å². The highest BCUT2D eigenvalue weighted by molar-refractivity contribution is 7.08. The largest absolute Gasteiger partial charge is 0.349 e. The summed E-state index contributed by atoms with van der Waals surface area (Å²) in [5.74, 6) is 0.107. The van der Waals surface area contributed by atoms with Crippen molar-refractivity contribution in [1.82, 2.24) is 10.6 Å². The van der Waals surface area contributed by atoms with Gasteiger partial charge in [0.15, 0.2) is 0 Å². The minimum atomic E-state index is 0.107. The SMILES string of the molecule is Cc1cscc1C(=O)NC1CCNC2(CCC2)C1. The summed E-state index contributed by atoms with van der Waals surface area (Å²) in [6.07, 6.45) is 6.03. The number of amides is 1. The lowest BCUT2D eigenvalue weighted by molar-refractivity contribution is 0.0853. The van der Waals surface area contributed by atoms with Gasteiger partial charge in [-0.3, -0.25) is 4.79 Å². The molecular weight excluding hydrogens is 244 g/mol. The second-order valence-electron chi connectivity index (χ2n) is 5.69. The van der Waals surface area contributed by atoms with E-state index in [1.165, 1.54) is 19.3 Å². The molecule has 1 aromatic rings. The normalized spacial score (nSPS) is 25.7. The molecule has 2 fully saturated rings. The number of nitrogens with one attached hydrogen (secondary N) is 2. The molecule has 2 aliphatic rings. The molecule has 1 unspecified atom stereocenters. The Morgan fingerprint density at radius 1 is 1.50 bits per heavy atom. The Kier molecular flexibility index (Phi) is 3.16. The molecule has 1 aromatic heterocycles. The topological polar surface area (TPSA) is 41.1 Å². The number of rotatable bonds is 2. The van der Waals surface area contributed by atoms with Crippen LogP contribution in [-0.2, 0) is 0 Å². The van der Waals surface area contributed by atoms with Crippen molar-refractivity contribution in [3.8, 4) is 0 Å².